The molecule has 0 aliphatic carbocycles. The Bertz CT molecular complexity index is 727. The minimum atomic E-state index is -1.34. The van der Waals surface area contributed by atoms with Crippen LogP contribution < -0.4 is 4.90 Å². The van der Waals surface area contributed by atoms with Crippen molar-refractivity contribution in [2.24, 2.45) is 0 Å². The van der Waals surface area contributed by atoms with Gasteiger partial charge in [-0.3, -0.25) is 4.79 Å². The molecule has 0 saturated carbocycles. The molecule has 1 aliphatic heterocycles. The van der Waals surface area contributed by atoms with Crippen molar-refractivity contribution in [2.45, 2.75) is 24.9 Å². The molecule has 0 bridgehead atoms. The maximum atomic E-state index is 12.4. The van der Waals surface area contributed by atoms with E-state index in [9.17, 15) is 9.90 Å². The van der Waals surface area contributed by atoms with Crippen molar-refractivity contribution in [1.82, 2.24) is 0 Å². The molecule has 5 heteroatoms. The van der Waals surface area contributed by atoms with Gasteiger partial charge in [0.05, 0.1) is 11.7 Å². The van der Waals surface area contributed by atoms with Crippen molar-refractivity contribution >= 4 is 11.6 Å². The van der Waals surface area contributed by atoms with E-state index in [4.69, 9.17) is 9.47 Å². The molecule has 0 radical (unpaired) electrons. The number of rotatable bonds is 3. The summed E-state index contributed by atoms with van der Waals surface area (Å²) in [5, 5.41) is 11.2. The lowest BCUT2D eigenvalue weighted by atomic mass is 9.83. The zero-order valence-electron chi connectivity index (χ0n) is 14.0. The van der Waals surface area contributed by atoms with Gasteiger partial charge in [-0.25, -0.2) is 0 Å². The monoisotopic (exact) mass is 327 g/mol. The molecule has 2 unspecified atom stereocenters. The topological polar surface area (TPSA) is 59.0 Å². The van der Waals surface area contributed by atoms with Gasteiger partial charge < -0.3 is 19.5 Å². The summed E-state index contributed by atoms with van der Waals surface area (Å²) < 4.78 is 11.3. The zero-order chi connectivity index (χ0) is 17.3. The third-order valence-corrected chi connectivity index (χ3v) is 4.59. The summed E-state index contributed by atoms with van der Waals surface area (Å²) in [4.78, 5) is 14.0. The van der Waals surface area contributed by atoms with E-state index in [2.05, 4.69) is 0 Å². The molecule has 3 rings (SSSR count). The van der Waals surface area contributed by atoms with Crippen molar-refractivity contribution in [3.05, 3.63) is 65.7 Å². The van der Waals surface area contributed by atoms with Gasteiger partial charge in [0, 0.05) is 26.7 Å². The van der Waals surface area contributed by atoms with E-state index in [1.807, 2.05) is 54.6 Å². The van der Waals surface area contributed by atoms with Gasteiger partial charge in [0.1, 0.15) is 6.10 Å². The molecule has 1 heterocycles. The number of anilines is 1. The minimum absolute atomic E-state index is 0.156. The Morgan fingerprint density at radius 1 is 1.04 bits per heavy atom. The molecule has 5 nitrogen and oxygen atoms in total. The van der Waals surface area contributed by atoms with E-state index in [1.54, 1.807) is 4.90 Å². The molecule has 126 valence electrons. The van der Waals surface area contributed by atoms with Crippen LogP contribution in [0.1, 0.15) is 24.1 Å². The number of hydrogen-bond donors (Lipinski definition) is 1. The van der Waals surface area contributed by atoms with Crippen LogP contribution in [0.3, 0.4) is 0 Å². The number of methoxy groups -OCH3 is 2. The summed E-state index contributed by atoms with van der Waals surface area (Å²) in [5.74, 6) is -1.50. The third-order valence-electron chi connectivity index (χ3n) is 4.59. The van der Waals surface area contributed by atoms with Crippen LogP contribution >= 0.6 is 0 Å². The van der Waals surface area contributed by atoms with E-state index in [-0.39, 0.29) is 5.91 Å². The molecule has 1 N–H and O–H groups in total. The summed E-state index contributed by atoms with van der Waals surface area (Å²) in [6.45, 7) is 1.49. The first-order valence-corrected chi connectivity index (χ1v) is 7.79. The predicted octanol–water partition coefficient (Wildman–Crippen LogP) is 2.60. The van der Waals surface area contributed by atoms with Crippen molar-refractivity contribution < 1.29 is 19.4 Å². The van der Waals surface area contributed by atoms with Gasteiger partial charge in [0.2, 0.25) is 11.7 Å². The Morgan fingerprint density at radius 3 is 2.21 bits per heavy atom. The smallest absolute Gasteiger partial charge is 0.225 e. The molecular weight excluding hydrogens is 306 g/mol. The molecule has 0 spiro atoms. The Labute approximate surface area is 141 Å². The van der Waals surface area contributed by atoms with E-state index in [0.717, 1.165) is 5.56 Å². The number of carbonyl (C=O) groups is 1. The molecule has 1 amide bonds. The van der Waals surface area contributed by atoms with E-state index < -0.39 is 17.9 Å². The van der Waals surface area contributed by atoms with Gasteiger partial charge in [0.15, 0.2) is 0 Å². The van der Waals surface area contributed by atoms with Crippen molar-refractivity contribution in [2.75, 3.05) is 19.1 Å². The van der Waals surface area contributed by atoms with Crippen LogP contribution in [0.5, 0.6) is 0 Å². The number of carbonyl (C=O) groups excluding carboxylic acids is 1. The fourth-order valence-electron chi connectivity index (χ4n) is 3.53. The first-order valence-electron chi connectivity index (χ1n) is 7.79. The number of benzene rings is 2. The summed E-state index contributed by atoms with van der Waals surface area (Å²) in [7, 11) is 2.99. The highest BCUT2D eigenvalue weighted by Gasteiger charge is 2.53. The standard InChI is InChI=1S/C19H21NO4/c1-13(21)20-16-12-8-7-11-15(16)19(23-2,24-3)18(22)17(20)14-9-5-4-6-10-14/h4-12,17-18,22H,1-3H3. The first-order chi connectivity index (χ1) is 11.6. The number of para-hydroxylation sites is 1. The largest absolute Gasteiger partial charge is 0.385 e. The van der Waals surface area contributed by atoms with Gasteiger partial charge in [-0.15, -0.1) is 0 Å². The number of amides is 1. The fraction of sp³-hybridized carbons (Fsp3) is 0.316. The summed E-state index contributed by atoms with van der Waals surface area (Å²) in [6, 6.07) is 16.1. The number of fused-ring (bicyclic) bond motifs is 1. The molecule has 0 aromatic heterocycles. The van der Waals surface area contributed by atoms with Crippen molar-refractivity contribution in [3.8, 4) is 0 Å². The zero-order valence-corrected chi connectivity index (χ0v) is 14.0. The lowest BCUT2D eigenvalue weighted by Crippen LogP contribution is -2.56. The fourth-order valence-corrected chi connectivity index (χ4v) is 3.53. The second-order valence-electron chi connectivity index (χ2n) is 5.78. The lowest BCUT2D eigenvalue weighted by Gasteiger charge is -2.49. The number of hydrogen-bond acceptors (Lipinski definition) is 4. The Balaban J connectivity index is 2.28. The SMILES string of the molecule is COC1(OC)c2ccccc2N(C(C)=O)C(c2ccccc2)C1O. The minimum Gasteiger partial charge on any atom is -0.385 e. The average molecular weight is 327 g/mol. The summed E-state index contributed by atoms with van der Waals surface area (Å²) in [5.41, 5.74) is 2.12. The Morgan fingerprint density at radius 2 is 1.62 bits per heavy atom. The van der Waals surface area contributed by atoms with Gasteiger partial charge in [-0.05, 0) is 11.6 Å². The van der Waals surface area contributed by atoms with Crippen LogP contribution in [0, 0.1) is 0 Å². The highest BCUT2D eigenvalue weighted by Crippen LogP contribution is 2.49. The van der Waals surface area contributed by atoms with Crippen molar-refractivity contribution in [3.63, 3.8) is 0 Å². The maximum absolute atomic E-state index is 12.4. The second kappa shape index (κ2) is 6.36. The van der Waals surface area contributed by atoms with Crippen LogP contribution in [0.4, 0.5) is 5.69 Å². The second-order valence-corrected chi connectivity index (χ2v) is 5.78. The predicted molar refractivity (Wildman–Crippen MR) is 90.5 cm³/mol. The quantitative estimate of drug-likeness (QED) is 0.881. The van der Waals surface area contributed by atoms with Crippen LogP contribution in [0.2, 0.25) is 0 Å². The van der Waals surface area contributed by atoms with Crippen LogP contribution in [0.15, 0.2) is 54.6 Å². The highest BCUT2D eigenvalue weighted by molar-refractivity contribution is 5.94. The summed E-state index contributed by atoms with van der Waals surface area (Å²) in [6.07, 6.45) is -1.09. The Hall–Kier alpha value is -2.21. The number of nitrogens with zero attached hydrogens (tertiary/aromatic N) is 1. The lowest BCUT2D eigenvalue weighted by molar-refractivity contribution is -0.276. The molecule has 1 aliphatic rings. The van der Waals surface area contributed by atoms with Crippen LogP contribution in [0.25, 0.3) is 0 Å². The maximum Gasteiger partial charge on any atom is 0.225 e. The van der Waals surface area contributed by atoms with E-state index in [0.29, 0.717) is 11.3 Å². The van der Waals surface area contributed by atoms with Crippen molar-refractivity contribution in [1.29, 1.82) is 0 Å². The highest BCUT2D eigenvalue weighted by atomic mass is 16.7. The molecule has 2 aromatic rings. The van der Waals surface area contributed by atoms with Crippen LogP contribution in [-0.4, -0.2) is 31.3 Å². The molecule has 0 fully saturated rings. The Kier molecular flexibility index (Phi) is 4.41. The third kappa shape index (κ3) is 2.33. The molecule has 2 atom stereocenters. The molecular formula is C19H21NO4. The number of aliphatic hydroxyl groups excluding tert-OH is 1. The summed E-state index contributed by atoms with van der Waals surface area (Å²) >= 11 is 0. The molecule has 2 aromatic carbocycles. The van der Waals surface area contributed by atoms with Crippen LogP contribution in [-0.2, 0) is 20.1 Å². The number of ether oxygens (including phenoxy) is 2. The molecule has 24 heavy (non-hydrogen) atoms. The van der Waals surface area contributed by atoms with E-state index in [1.165, 1.54) is 21.1 Å². The van der Waals surface area contributed by atoms with Gasteiger partial charge in [-0.1, -0.05) is 48.5 Å². The van der Waals surface area contributed by atoms with E-state index >= 15 is 0 Å². The average Bonchev–Trinajstić information content (AvgIpc) is 2.62. The number of aliphatic hydroxyl groups is 1. The first kappa shape index (κ1) is 16.6. The van der Waals surface area contributed by atoms with Gasteiger partial charge >= 0.3 is 0 Å². The van der Waals surface area contributed by atoms with Gasteiger partial charge in [0.25, 0.3) is 0 Å². The van der Waals surface area contributed by atoms with Gasteiger partial charge in [-0.2, -0.15) is 0 Å². The normalized spacial score (nSPS) is 22.1. The molecule has 0 saturated heterocycles.